The number of urea groups is 1. The first kappa shape index (κ1) is 18.5. The van der Waals surface area contributed by atoms with Crippen molar-refractivity contribution in [2.24, 2.45) is 0 Å². The van der Waals surface area contributed by atoms with E-state index in [1.54, 1.807) is 31.2 Å². The summed E-state index contributed by atoms with van der Waals surface area (Å²) in [4.78, 5) is 36.6. The molecule has 4 amide bonds. The van der Waals surface area contributed by atoms with Gasteiger partial charge in [0.05, 0.1) is 19.1 Å². The van der Waals surface area contributed by atoms with Gasteiger partial charge in [0, 0.05) is 17.2 Å². The Hall–Kier alpha value is -3.29. The highest BCUT2D eigenvalue weighted by Crippen LogP contribution is 2.18. The summed E-state index contributed by atoms with van der Waals surface area (Å²) < 4.78 is 26.8. The van der Waals surface area contributed by atoms with Gasteiger partial charge in [0.15, 0.2) is 0 Å². The van der Waals surface area contributed by atoms with Gasteiger partial charge in [-0.25, -0.2) is 13.6 Å². The summed E-state index contributed by atoms with van der Waals surface area (Å²) in [6, 6.07) is 8.47. The van der Waals surface area contributed by atoms with E-state index < -0.39 is 29.6 Å². The van der Waals surface area contributed by atoms with E-state index in [9.17, 15) is 23.2 Å². The van der Waals surface area contributed by atoms with Crippen LogP contribution in [0.25, 0.3) is 0 Å². The molecule has 2 aromatic rings. The van der Waals surface area contributed by atoms with E-state index in [0.29, 0.717) is 11.1 Å². The van der Waals surface area contributed by atoms with Gasteiger partial charge >= 0.3 is 6.03 Å². The number of benzene rings is 2. The van der Waals surface area contributed by atoms with E-state index in [1.165, 1.54) is 6.07 Å². The first-order valence-corrected chi connectivity index (χ1v) is 8.28. The number of carbonyl (C=O) groups excluding carboxylic acids is 3. The van der Waals surface area contributed by atoms with Crippen molar-refractivity contribution in [1.82, 2.24) is 15.5 Å². The van der Waals surface area contributed by atoms with Crippen LogP contribution in [0.3, 0.4) is 0 Å². The summed E-state index contributed by atoms with van der Waals surface area (Å²) in [5.74, 6) is -2.15. The predicted octanol–water partition coefficient (Wildman–Crippen LogP) is 2.51. The van der Waals surface area contributed by atoms with Gasteiger partial charge in [-0.3, -0.25) is 14.5 Å². The van der Waals surface area contributed by atoms with Crippen LogP contribution in [0, 0.1) is 11.6 Å². The number of rotatable bonds is 5. The Balaban J connectivity index is 1.65. The lowest BCUT2D eigenvalue weighted by atomic mass is 10.1. The van der Waals surface area contributed by atoms with Crippen LogP contribution in [0.4, 0.5) is 13.6 Å². The highest BCUT2D eigenvalue weighted by Gasteiger charge is 2.28. The van der Waals surface area contributed by atoms with Crippen molar-refractivity contribution in [3.05, 3.63) is 70.8 Å². The zero-order valence-corrected chi connectivity index (χ0v) is 14.5. The number of amides is 4. The van der Waals surface area contributed by atoms with Gasteiger partial charge in [-0.1, -0.05) is 18.2 Å². The maximum Gasteiger partial charge on any atom is 0.324 e. The van der Waals surface area contributed by atoms with Crippen molar-refractivity contribution in [2.75, 3.05) is 6.54 Å². The van der Waals surface area contributed by atoms with Crippen molar-refractivity contribution in [2.45, 2.75) is 19.5 Å². The summed E-state index contributed by atoms with van der Waals surface area (Å²) in [5, 5.41) is 5.08. The first-order chi connectivity index (χ1) is 12.8. The van der Waals surface area contributed by atoms with E-state index in [-0.39, 0.29) is 24.6 Å². The quantitative estimate of drug-likeness (QED) is 0.791. The minimum absolute atomic E-state index is 0.0167. The Labute approximate surface area is 154 Å². The molecule has 0 saturated carbocycles. The van der Waals surface area contributed by atoms with E-state index in [0.717, 1.165) is 17.0 Å². The lowest BCUT2D eigenvalue weighted by Crippen LogP contribution is -2.30. The van der Waals surface area contributed by atoms with Crippen molar-refractivity contribution in [3.63, 3.8) is 0 Å². The minimum atomic E-state index is -0.730. The van der Waals surface area contributed by atoms with Crippen molar-refractivity contribution in [1.29, 1.82) is 0 Å². The third kappa shape index (κ3) is 4.11. The molecule has 1 aliphatic heterocycles. The molecule has 0 radical (unpaired) electrons. The molecule has 8 heteroatoms. The molecule has 6 nitrogen and oxygen atoms in total. The van der Waals surface area contributed by atoms with Gasteiger partial charge in [-0.2, -0.15) is 0 Å². The fourth-order valence-electron chi connectivity index (χ4n) is 2.77. The standard InChI is InChI=1S/C19H17F2N3O3/c1-11(15-7-6-14(20)8-16(15)21)23-18(26)13-4-2-12(3-5-13)10-24-17(25)9-22-19(24)27/h2-8,11H,9-10H2,1H3,(H,22,27)(H,23,26)/t11-/m0/s1. The molecule has 0 unspecified atom stereocenters. The lowest BCUT2D eigenvalue weighted by Gasteiger charge is -2.16. The number of halogens is 2. The molecule has 1 saturated heterocycles. The average Bonchev–Trinajstić information content (AvgIpc) is 2.94. The maximum atomic E-state index is 13.8. The van der Waals surface area contributed by atoms with Crippen LogP contribution in [-0.4, -0.2) is 29.3 Å². The van der Waals surface area contributed by atoms with Gasteiger partial charge in [0.2, 0.25) is 5.91 Å². The molecule has 27 heavy (non-hydrogen) atoms. The fraction of sp³-hybridized carbons (Fsp3) is 0.211. The van der Waals surface area contributed by atoms with Gasteiger partial charge < -0.3 is 10.6 Å². The molecular formula is C19H17F2N3O3. The highest BCUT2D eigenvalue weighted by atomic mass is 19.1. The number of carbonyl (C=O) groups is 3. The number of hydrogen-bond donors (Lipinski definition) is 2. The second-order valence-electron chi connectivity index (χ2n) is 6.20. The van der Waals surface area contributed by atoms with Crippen molar-refractivity contribution in [3.8, 4) is 0 Å². The molecule has 140 valence electrons. The molecular weight excluding hydrogens is 356 g/mol. The van der Waals surface area contributed by atoms with E-state index in [2.05, 4.69) is 10.6 Å². The molecule has 1 heterocycles. The summed E-state index contributed by atoms with van der Waals surface area (Å²) in [6.07, 6.45) is 0. The second kappa shape index (κ2) is 7.53. The molecule has 2 aromatic carbocycles. The van der Waals surface area contributed by atoms with Crippen LogP contribution in [0.15, 0.2) is 42.5 Å². The molecule has 0 spiro atoms. The third-order valence-electron chi connectivity index (χ3n) is 4.27. The Morgan fingerprint density at radius 3 is 2.48 bits per heavy atom. The largest absolute Gasteiger partial charge is 0.345 e. The zero-order valence-electron chi connectivity index (χ0n) is 14.5. The summed E-state index contributed by atoms with van der Waals surface area (Å²) in [7, 11) is 0. The number of nitrogens with one attached hydrogen (secondary N) is 2. The van der Waals surface area contributed by atoms with E-state index >= 15 is 0 Å². The molecule has 0 aliphatic carbocycles. The lowest BCUT2D eigenvalue weighted by molar-refractivity contribution is -0.125. The number of nitrogens with zero attached hydrogens (tertiary/aromatic N) is 1. The Morgan fingerprint density at radius 1 is 1.19 bits per heavy atom. The molecule has 1 fully saturated rings. The smallest absolute Gasteiger partial charge is 0.324 e. The first-order valence-electron chi connectivity index (χ1n) is 8.28. The van der Waals surface area contributed by atoms with Gasteiger partial charge in [0.1, 0.15) is 11.6 Å². The van der Waals surface area contributed by atoms with Crippen LogP contribution < -0.4 is 10.6 Å². The predicted molar refractivity (Wildman–Crippen MR) is 92.6 cm³/mol. The second-order valence-corrected chi connectivity index (χ2v) is 6.20. The van der Waals surface area contributed by atoms with Crippen LogP contribution in [-0.2, 0) is 11.3 Å². The Kier molecular flexibility index (Phi) is 5.16. The summed E-state index contributed by atoms with van der Waals surface area (Å²) in [5.41, 5.74) is 1.21. The van der Waals surface area contributed by atoms with Crippen LogP contribution >= 0.6 is 0 Å². The minimum Gasteiger partial charge on any atom is -0.345 e. The van der Waals surface area contributed by atoms with E-state index in [1.807, 2.05) is 0 Å². The molecule has 0 aromatic heterocycles. The SMILES string of the molecule is C[C@H](NC(=O)c1ccc(CN2C(=O)CNC2=O)cc1)c1ccc(F)cc1F. The van der Waals surface area contributed by atoms with Crippen LogP contribution in [0.1, 0.15) is 34.5 Å². The molecule has 1 aliphatic rings. The number of hydrogen-bond acceptors (Lipinski definition) is 3. The number of imide groups is 1. The fourth-order valence-corrected chi connectivity index (χ4v) is 2.77. The maximum absolute atomic E-state index is 13.8. The summed E-state index contributed by atoms with van der Waals surface area (Å²) >= 11 is 0. The summed E-state index contributed by atoms with van der Waals surface area (Å²) in [6.45, 7) is 1.70. The average molecular weight is 373 g/mol. The molecule has 2 N–H and O–H groups in total. The highest BCUT2D eigenvalue weighted by molar-refractivity contribution is 6.01. The molecule has 3 rings (SSSR count). The van der Waals surface area contributed by atoms with Crippen LogP contribution in [0.5, 0.6) is 0 Å². The van der Waals surface area contributed by atoms with E-state index in [4.69, 9.17) is 0 Å². The van der Waals surface area contributed by atoms with Crippen molar-refractivity contribution < 1.29 is 23.2 Å². The molecule has 1 atom stereocenters. The molecule has 0 bridgehead atoms. The Morgan fingerprint density at radius 2 is 1.89 bits per heavy atom. The Bertz CT molecular complexity index is 884. The topological polar surface area (TPSA) is 78.5 Å². The van der Waals surface area contributed by atoms with Gasteiger partial charge in [-0.05, 0) is 30.7 Å². The van der Waals surface area contributed by atoms with Gasteiger partial charge in [0.25, 0.3) is 5.91 Å². The van der Waals surface area contributed by atoms with Crippen LogP contribution in [0.2, 0.25) is 0 Å². The third-order valence-corrected chi connectivity index (χ3v) is 4.27. The zero-order chi connectivity index (χ0) is 19.6. The monoisotopic (exact) mass is 373 g/mol. The van der Waals surface area contributed by atoms with Gasteiger partial charge in [-0.15, -0.1) is 0 Å². The van der Waals surface area contributed by atoms with Crippen molar-refractivity contribution >= 4 is 17.8 Å². The normalized spacial score (nSPS) is 14.9.